The second kappa shape index (κ2) is 6.00. The van der Waals surface area contributed by atoms with Crippen molar-refractivity contribution in [3.63, 3.8) is 0 Å². The van der Waals surface area contributed by atoms with E-state index in [0.717, 1.165) is 40.8 Å². The van der Waals surface area contributed by atoms with Crippen LogP contribution in [0.1, 0.15) is 17.3 Å². The molecule has 0 bridgehead atoms. The summed E-state index contributed by atoms with van der Waals surface area (Å²) in [4.78, 5) is 17.5. The van der Waals surface area contributed by atoms with E-state index < -0.39 is 0 Å². The summed E-state index contributed by atoms with van der Waals surface area (Å²) in [6, 6.07) is 22.2. The van der Waals surface area contributed by atoms with Gasteiger partial charge in [0.15, 0.2) is 0 Å². The van der Waals surface area contributed by atoms with Crippen molar-refractivity contribution in [3.05, 3.63) is 72.3 Å². The van der Waals surface area contributed by atoms with Gasteiger partial charge >= 0.3 is 0 Å². The first kappa shape index (κ1) is 14.8. The molecular formula is C21H20N2O. The Kier molecular flexibility index (Phi) is 3.69. The van der Waals surface area contributed by atoms with Crippen LogP contribution in [0.4, 0.5) is 11.4 Å². The fourth-order valence-electron chi connectivity index (χ4n) is 3.52. The summed E-state index contributed by atoms with van der Waals surface area (Å²) in [7, 11) is 0. The molecule has 24 heavy (non-hydrogen) atoms. The molecule has 4 rings (SSSR count). The van der Waals surface area contributed by atoms with Crippen molar-refractivity contribution >= 4 is 28.1 Å². The molecular weight excluding hydrogens is 296 g/mol. The topological polar surface area (TPSA) is 23.6 Å². The molecule has 120 valence electrons. The van der Waals surface area contributed by atoms with E-state index in [9.17, 15) is 4.79 Å². The molecule has 0 saturated heterocycles. The number of benzene rings is 3. The average Bonchev–Trinajstić information content (AvgIpc) is 2.66. The van der Waals surface area contributed by atoms with Crippen LogP contribution in [-0.2, 0) is 0 Å². The van der Waals surface area contributed by atoms with Crippen LogP contribution in [0.25, 0.3) is 10.8 Å². The number of para-hydroxylation sites is 2. The predicted octanol–water partition coefficient (Wildman–Crippen LogP) is 4.33. The Morgan fingerprint density at radius 3 is 2.42 bits per heavy atom. The minimum atomic E-state index is 0.0787. The van der Waals surface area contributed by atoms with Gasteiger partial charge in [0.05, 0.1) is 11.4 Å². The van der Waals surface area contributed by atoms with Gasteiger partial charge in [-0.25, -0.2) is 0 Å². The first-order valence-corrected chi connectivity index (χ1v) is 8.43. The third kappa shape index (κ3) is 2.33. The van der Waals surface area contributed by atoms with E-state index in [1.165, 1.54) is 0 Å². The molecule has 0 saturated carbocycles. The first-order chi connectivity index (χ1) is 11.8. The molecule has 0 atom stereocenters. The number of likely N-dealkylation sites (N-methyl/N-ethyl adjacent to an activating group) is 1. The number of hydrogen-bond donors (Lipinski definition) is 0. The van der Waals surface area contributed by atoms with E-state index in [4.69, 9.17) is 0 Å². The van der Waals surface area contributed by atoms with Crippen LogP contribution in [0.5, 0.6) is 0 Å². The zero-order valence-electron chi connectivity index (χ0n) is 13.8. The molecule has 3 heteroatoms. The highest BCUT2D eigenvalue weighted by Crippen LogP contribution is 2.34. The lowest BCUT2D eigenvalue weighted by atomic mass is 10.0. The smallest absolute Gasteiger partial charge is 0.259 e. The number of fused-ring (bicyclic) bond motifs is 2. The second-order valence-electron chi connectivity index (χ2n) is 6.05. The highest BCUT2D eigenvalue weighted by Gasteiger charge is 2.27. The summed E-state index contributed by atoms with van der Waals surface area (Å²) in [6.45, 7) is 4.68. The number of anilines is 2. The summed E-state index contributed by atoms with van der Waals surface area (Å²) in [5.74, 6) is 0.0787. The van der Waals surface area contributed by atoms with E-state index in [1.807, 2.05) is 53.4 Å². The maximum absolute atomic E-state index is 13.3. The molecule has 0 aliphatic carbocycles. The van der Waals surface area contributed by atoms with E-state index in [-0.39, 0.29) is 5.91 Å². The molecule has 0 unspecified atom stereocenters. The number of hydrogen-bond acceptors (Lipinski definition) is 2. The van der Waals surface area contributed by atoms with Crippen molar-refractivity contribution in [1.82, 2.24) is 0 Å². The largest absolute Gasteiger partial charge is 0.368 e. The van der Waals surface area contributed by atoms with Crippen LogP contribution in [0, 0.1) is 0 Å². The molecule has 3 aromatic rings. The number of carbonyl (C=O) groups excluding carboxylic acids is 1. The van der Waals surface area contributed by atoms with E-state index in [0.29, 0.717) is 6.54 Å². The molecule has 3 nitrogen and oxygen atoms in total. The minimum Gasteiger partial charge on any atom is -0.368 e. The standard InChI is InChI=1S/C21H20N2O/c1-2-22-14-15-23(20-13-6-5-12-19(20)22)21(24)18-11-7-9-16-8-3-4-10-17(16)18/h3-13H,2,14-15H2,1H3. The molecule has 1 aliphatic rings. The van der Waals surface area contributed by atoms with Crippen LogP contribution in [-0.4, -0.2) is 25.5 Å². The van der Waals surface area contributed by atoms with Gasteiger partial charge in [0.1, 0.15) is 0 Å². The van der Waals surface area contributed by atoms with Gasteiger partial charge < -0.3 is 9.80 Å². The van der Waals surface area contributed by atoms with Crippen LogP contribution in [0.15, 0.2) is 66.7 Å². The number of amides is 1. The molecule has 1 heterocycles. The van der Waals surface area contributed by atoms with Gasteiger partial charge in [-0.3, -0.25) is 4.79 Å². The molecule has 0 aromatic heterocycles. The van der Waals surface area contributed by atoms with Gasteiger partial charge in [-0.1, -0.05) is 48.5 Å². The zero-order chi connectivity index (χ0) is 16.5. The zero-order valence-corrected chi connectivity index (χ0v) is 13.8. The minimum absolute atomic E-state index is 0.0787. The van der Waals surface area contributed by atoms with Crippen molar-refractivity contribution in [1.29, 1.82) is 0 Å². The van der Waals surface area contributed by atoms with Crippen LogP contribution < -0.4 is 9.80 Å². The Labute approximate surface area is 142 Å². The Balaban J connectivity index is 1.80. The molecule has 1 amide bonds. The molecule has 0 spiro atoms. The maximum Gasteiger partial charge on any atom is 0.259 e. The number of nitrogens with zero attached hydrogens (tertiary/aromatic N) is 2. The Bertz CT molecular complexity index is 898. The molecule has 3 aromatic carbocycles. The average molecular weight is 316 g/mol. The van der Waals surface area contributed by atoms with E-state index in [1.54, 1.807) is 0 Å². The van der Waals surface area contributed by atoms with Gasteiger partial charge in [-0.15, -0.1) is 0 Å². The highest BCUT2D eigenvalue weighted by atomic mass is 16.2. The molecule has 1 aliphatic heterocycles. The fraction of sp³-hybridized carbons (Fsp3) is 0.190. The third-order valence-corrected chi connectivity index (χ3v) is 4.75. The van der Waals surface area contributed by atoms with Crippen molar-refractivity contribution in [2.45, 2.75) is 6.92 Å². The van der Waals surface area contributed by atoms with Crippen molar-refractivity contribution in [3.8, 4) is 0 Å². The lowest BCUT2D eigenvalue weighted by molar-refractivity contribution is 0.0988. The summed E-state index contributed by atoms with van der Waals surface area (Å²) in [5, 5.41) is 2.12. The Morgan fingerprint density at radius 2 is 1.58 bits per heavy atom. The SMILES string of the molecule is CCN1CCN(C(=O)c2cccc3ccccc23)c2ccccc21. The summed E-state index contributed by atoms with van der Waals surface area (Å²) < 4.78 is 0. The van der Waals surface area contributed by atoms with Gasteiger partial charge in [0.25, 0.3) is 5.91 Å². The number of rotatable bonds is 2. The second-order valence-corrected chi connectivity index (χ2v) is 6.05. The summed E-state index contributed by atoms with van der Waals surface area (Å²) in [6.07, 6.45) is 0. The highest BCUT2D eigenvalue weighted by molar-refractivity contribution is 6.15. The van der Waals surface area contributed by atoms with Crippen LogP contribution in [0.3, 0.4) is 0 Å². The normalized spacial score (nSPS) is 13.9. The Hall–Kier alpha value is -2.81. The first-order valence-electron chi connectivity index (χ1n) is 8.43. The van der Waals surface area contributed by atoms with Gasteiger partial charge in [-0.05, 0) is 35.9 Å². The lowest BCUT2D eigenvalue weighted by Crippen LogP contribution is -2.44. The number of carbonyl (C=O) groups is 1. The van der Waals surface area contributed by atoms with Gasteiger partial charge in [0.2, 0.25) is 0 Å². The predicted molar refractivity (Wildman–Crippen MR) is 100.0 cm³/mol. The van der Waals surface area contributed by atoms with Gasteiger partial charge in [-0.2, -0.15) is 0 Å². The maximum atomic E-state index is 13.3. The van der Waals surface area contributed by atoms with Crippen molar-refractivity contribution < 1.29 is 4.79 Å². The van der Waals surface area contributed by atoms with Crippen LogP contribution in [0.2, 0.25) is 0 Å². The summed E-state index contributed by atoms with van der Waals surface area (Å²) in [5.41, 5.74) is 2.91. The van der Waals surface area contributed by atoms with E-state index >= 15 is 0 Å². The molecule has 0 N–H and O–H groups in total. The fourth-order valence-corrected chi connectivity index (χ4v) is 3.52. The van der Waals surface area contributed by atoms with E-state index in [2.05, 4.69) is 30.0 Å². The molecule has 0 radical (unpaired) electrons. The van der Waals surface area contributed by atoms with Crippen molar-refractivity contribution in [2.24, 2.45) is 0 Å². The third-order valence-electron chi connectivity index (χ3n) is 4.75. The van der Waals surface area contributed by atoms with Crippen molar-refractivity contribution in [2.75, 3.05) is 29.4 Å². The summed E-state index contributed by atoms with van der Waals surface area (Å²) >= 11 is 0. The molecule has 0 fully saturated rings. The van der Waals surface area contributed by atoms with Crippen LogP contribution >= 0.6 is 0 Å². The Morgan fingerprint density at radius 1 is 0.875 bits per heavy atom. The lowest BCUT2D eigenvalue weighted by Gasteiger charge is -2.37. The monoisotopic (exact) mass is 316 g/mol. The van der Waals surface area contributed by atoms with Gasteiger partial charge in [0, 0.05) is 25.2 Å². The quantitative estimate of drug-likeness (QED) is 0.702.